The van der Waals surface area contributed by atoms with E-state index in [0.717, 1.165) is 15.2 Å². The number of methoxy groups -OCH3 is 1. The number of piperazine rings is 1. The van der Waals surface area contributed by atoms with Gasteiger partial charge in [0.25, 0.3) is 10.0 Å². The first kappa shape index (κ1) is 16.8. The molecule has 1 fully saturated rings. The van der Waals surface area contributed by atoms with Crippen molar-refractivity contribution in [1.82, 2.24) is 4.31 Å². The lowest BCUT2D eigenvalue weighted by Gasteiger charge is -2.35. The predicted octanol–water partition coefficient (Wildman–Crippen LogP) is 3.03. The summed E-state index contributed by atoms with van der Waals surface area (Å²) in [5, 5.41) is 0. The van der Waals surface area contributed by atoms with Gasteiger partial charge in [0.05, 0.1) is 16.6 Å². The van der Waals surface area contributed by atoms with Gasteiger partial charge < -0.3 is 9.64 Å². The van der Waals surface area contributed by atoms with Crippen molar-refractivity contribution in [2.75, 3.05) is 38.2 Å². The molecule has 0 N–H and O–H groups in total. The Balaban J connectivity index is 1.73. The predicted molar refractivity (Wildman–Crippen MR) is 96.0 cm³/mol. The van der Waals surface area contributed by atoms with E-state index < -0.39 is 10.0 Å². The van der Waals surface area contributed by atoms with Gasteiger partial charge in [-0.05, 0) is 40.2 Å². The van der Waals surface area contributed by atoms with E-state index in [4.69, 9.17) is 4.74 Å². The van der Waals surface area contributed by atoms with Crippen LogP contribution in [0.5, 0.6) is 5.75 Å². The van der Waals surface area contributed by atoms with Crippen LogP contribution in [0.15, 0.2) is 44.4 Å². The second kappa shape index (κ2) is 6.80. The Morgan fingerprint density at radius 3 is 2.39 bits per heavy atom. The highest BCUT2D eigenvalue weighted by Gasteiger charge is 2.30. The van der Waals surface area contributed by atoms with Crippen LogP contribution in [0, 0.1) is 0 Å². The number of nitrogens with zero attached hydrogens (tertiary/aromatic N) is 2. The zero-order valence-electron chi connectivity index (χ0n) is 12.6. The molecular formula is C15H17BrN2O3S2. The molecule has 0 atom stereocenters. The lowest BCUT2D eigenvalue weighted by molar-refractivity contribution is 0.379. The number of rotatable bonds is 4. The van der Waals surface area contributed by atoms with Crippen molar-refractivity contribution in [1.29, 1.82) is 0 Å². The molecule has 1 aliphatic heterocycles. The van der Waals surface area contributed by atoms with Crippen LogP contribution in [-0.2, 0) is 10.0 Å². The molecule has 3 rings (SSSR count). The number of hydrogen-bond donors (Lipinski definition) is 0. The van der Waals surface area contributed by atoms with Crippen LogP contribution in [0.2, 0.25) is 0 Å². The zero-order valence-corrected chi connectivity index (χ0v) is 15.8. The molecule has 0 aliphatic carbocycles. The van der Waals surface area contributed by atoms with Gasteiger partial charge in [-0.15, -0.1) is 11.3 Å². The quantitative estimate of drug-likeness (QED) is 0.768. The number of para-hydroxylation sites is 2. The van der Waals surface area contributed by atoms with E-state index in [0.29, 0.717) is 30.4 Å². The lowest BCUT2D eigenvalue weighted by Crippen LogP contribution is -2.48. The number of hydrogen-bond acceptors (Lipinski definition) is 5. The van der Waals surface area contributed by atoms with Crippen LogP contribution in [0.3, 0.4) is 0 Å². The van der Waals surface area contributed by atoms with E-state index in [9.17, 15) is 8.42 Å². The van der Waals surface area contributed by atoms with Gasteiger partial charge in [0.1, 0.15) is 9.96 Å². The summed E-state index contributed by atoms with van der Waals surface area (Å²) >= 11 is 4.56. The molecule has 2 aromatic rings. The summed E-state index contributed by atoms with van der Waals surface area (Å²) in [6.07, 6.45) is 0. The third kappa shape index (κ3) is 3.40. The van der Waals surface area contributed by atoms with E-state index in [1.54, 1.807) is 23.5 Å². The molecule has 8 heteroatoms. The van der Waals surface area contributed by atoms with Crippen LogP contribution < -0.4 is 9.64 Å². The Bertz CT molecular complexity index is 784. The summed E-state index contributed by atoms with van der Waals surface area (Å²) in [5.74, 6) is 0.811. The van der Waals surface area contributed by atoms with Crippen LogP contribution in [0.4, 0.5) is 5.69 Å². The van der Waals surface area contributed by atoms with Crippen LogP contribution in [-0.4, -0.2) is 46.0 Å². The molecule has 1 aromatic carbocycles. The Kier molecular flexibility index (Phi) is 4.96. The van der Waals surface area contributed by atoms with Gasteiger partial charge >= 0.3 is 0 Å². The van der Waals surface area contributed by atoms with Crippen LogP contribution in [0.1, 0.15) is 0 Å². The monoisotopic (exact) mass is 416 g/mol. The number of ether oxygens (including phenoxy) is 1. The largest absolute Gasteiger partial charge is 0.495 e. The van der Waals surface area contributed by atoms with Gasteiger partial charge in [-0.1, -0.05) is 12.1 Å². The fraction of sp³-hybridized carbons (Fsp3) is 0.333. The minimum Gasteiger partial charge on any atom is -0.495 e. The first-order valence-electron chi connectivity index (χ1n) is 7.16. The maximum absolute atomic E-state index is 12.6. The molecule has 0 amide bonds. The molecule has 0 bridgehead atoms. The summed E-state index contributed by atoms with van der Waals surface area (Å²) in [6, 6.07) is 11.2. The SMILES string of the molecule is COc1ccccc1N1CCN(S(=O)(=O)c2ccc(Br)s2)CC1. The minimum absolute atomic E-state index is 0.384. The average molecular weight is 417 g/mol. The zero-order chi connectivity index (χ0) is 16.4. The van der Waals surface area contributed by atoms with E-state index in [2.05, 4.69) is 20.8 Å². The van der Waals surface area contributed by atoms with Gasteiger partial charge in [0, 0.05) is 26.2 Å². The molecule has 2 heterocycles. The maximum atomic E-state index is 12.6. The molecule has 0 saturated carbocycles. The van der Waals surface area contributed by atoms with Crippen LogP contribution in [0.25, 0.3) is 0 Å². The second-order valence-electron chi connectivity index (χ2n) is 5.12. The molecule has 23 heavy (non-hydrogen) atoms. The third-order valence-corrected chi connectivity index (χ3v) is 7.80. The number of sulfonamides is 1. The minimum atomic E-state index is -3.40. The molecule has 1 saturated heterocycles. The Morgan fingerprint density at radius 1 is 1.09 bits per heavy atom. The summed E-state index contributed by atoms with van der Waals surface area (Å²) in [4.78, 5) is 2.16. The molecule has 1 aromatic heterocycles. The summed E-state index contributed by atoms with van der Waals surface area (Å²) < 4.78 is 33.4. The van der Waals surface area contributed by atoms with E-state index in [-0.39, 0.29) is 0 Å². The van der Waals surface area contributed by atoms with Gasteiger partial charge in [-0.3, -0.25) is 0 Å². The highest BCUT2D eigenvalue weighted by atomic mass is 79.9. The van der Waals surface area contributed by atoms with Crippen molar-refractivity contribution in [3.8, 4) is 5.75 Å². The van der Waals surface area contributed by atoms with Gasteiger partial charge in [0.2, 0.25) is 0 Å². The third-order valence-electron chi connectivity index (χ3n) is 3.81. The lowest BCUT2D eigenvalue weighted by atomic mass is 10.2. The van der Waals surface area contributed by atoms with Crippen molar-refractivity contribution in [2.45, 2.75) is 4.21 Å². The van der Waals surface area contributed by atoms with Crippen molar-refractivity contribution < 1.29 is 13.2 Å². The molecule has 1 aliphatic rings. The maximum Gasteiger partial charge on any atom is 0.252 e. The Hall–Kier alpha value is -1.09. The Labute approximate surface area is 148 Å². The number of benzene rings is 1. The van der Waals surface area contributed by atoms with E-state index >= 15 is 0 Å². The molecule has 0 radical (unpaired) electrons. The smallest absolute Gasteiger partial charge is 0.252 e. The number of thiophene rings is 1. The summed E-state index contributed by atoms with van der Waals surface area (Å²) in [5.41, 5.74) is 1.01. The van der Waals surface area contributed by atoms with Gasteiger partial charge in [-0.25, -0.2) is 8.42 Å². The van der Waals surface area contributed by atoms with Crippen molar-refractivity contribution in [2.24, 2.45) is 0 Å². The fourth-order valence-corrected chi connectivity index (χ4v) is 6.21. The normalized spacial score (nSPS) is 16.5. The summed E-state index contributed by atoms with van der Waals surface area (Å²) in [7, 11) is -1.75. The van der Waals surface area contributed by atoms with Crippen LogP contribution >= 0.6 is 27.3 Å². The highest BCUT2D eigenvalue weighted by molar-refractivity contribution is 9.11. The number of anilines is 1. The van der Waals surface area contributed by atoms with Gasteiger partial charge in [0.15, 0.2) is 0 Å². The van der Waals surface area contributed by atoms with Crippen molar-refractivity contribution in [3.05, 3.63) is 40.2 Å². The topological polar surface area (TPSA) is 49.9 Å². The molecule has 124 valence electrons. The molecule has 5 nitrogen and oxygen atoms in total. The summed E-state index contributed by atoms with van der Waals surface area (Å²) in [6.45, 7) is 2.23. The average Bonchev–Trinajstić information content (AvgIpc) is 3.02. The van der Waals surface area contributed by atoms with E-state index in [1.807, 2.05) is 24.3 Å². The Morgan fingerprint density at radius 2 is 1.78 bits per heavy atom. The van der Waals surface area contributed by atoms with E-state index in [1.165, 1.54) is 11.3 Å². The first-order valence-corrected chi connectivity index (χ1v) is 10.2. The number of halogens is 1. The molecule has 0 unspecified atom stereocenters. The first-order chi connectivity index (χ1) is 11.0. The van der Waals surface area contributed by atoms with Crippen molar-refractivity contribution in [3.63, 3.8) is 0 Å². The standard InChI is InChI=1S/C15H17BrN2O3S2/c1-21-13-5-3-2-4-12(13)17-8-10-18(11-9-17)23(19,20)15-7-6-14(16)22-15/h2-7H,8-11H2,1H3. The molecular weight excluding hydrogens is 400 g/mol. The fourth-order valence-electron chi connectivity index (χ4n) is 2.62. The second-order valence-corrected chi connectivity index (χ2v) is 9.75. The van der Waals surface area contributed by atoms with Gasteiger partial charge in [-0.2, -0.15) is 4.31 Å². The van der Waals surface area contributed by atoms with Crippen molar-refractivity contribution >= 4 is 43.0 Å². The highest BCUT2D eigenvalue weighted by Crippen LogP contribution is 2.31. The molecule has 0 spiro atoms.